The molecule has 1 aromatic rings. The molecule has 0 aliphatic carbocycles. The molecule has 3 nitrogen and oxygen atoms in total. The van der Waals surface area contributed by atoms with Crippen LogP contribution in [0.15, 0.2) is 0 Å². The highest BCUT2D eigenvalue weighted by Gasteiger charge is 2.51. The van der Waals surface area contributed by atoms with E-state index in [0.29, 0.717) is 24.4 Å². The van der Waals surface area contributed by atoms with E-state index in [-0.39, 0.29) is 0 Å². The van der Waals surface area contributed by atoms with Crippen LogP contribution in [0.2, 0.25) is 0 Å². The molecule has 8 heteroatoms. The van der Waals surface area contributed by atoms with Gasteiger partial charge in [0.05, 0.1) is 5.69 Å². The number of nitrogens with zero attached hydrogens (tertiary/aromatic N) is 3. The Morgan fingerprint density at radius 1 is 1.12 bits per heavy atom. The van der Waals surface area contributed by atoms with Gasteiger partial charge in [0.2, 0.25) is 8.13 Å². The highest BCUT2D eigenvalue weighted by molar-refractivity contribution is 6.75. The van der Waals surface area contributed by atoms with Crippen molar-refractivity contribution in [3.05, 3.63) is 11.4 Å². The first kappa shape index (κ1) is 14.7. The van der Waals surface area contributed by atoms with Crippen LogP contribution in [0, 0.1) is 0 Å². The van der Waals surface area contributed by atoms with Crippen molar-refractivity contribution in [3.63, 3.8) is 0 Å². The lowest BCUT2D eigenvalue weighted by molar-refractivity contribution is 0.581. The van der Waals surface area contributed by atoms with Crippen LogP contribution in [0.4, 0.5) is 0 Å². The topological polar surface area (TPSA) is 30.7 Å². The predicted octanol–water partition coefficient (Wildman–Crippen LogP) is 3.86. The molecule has 0 saturated heterocycles. The number of aryl methyl sites for hydroxylation is 2. The van der Waals surface area contributed by atoms with Gasteiger partial charge in [0.15, 0.2) is 0 Å². The minimum absolute atomic E-state index is 0.431. The quantitative estimate of drug-likeness (QED) is 0.790. The summed E-state index contributed by atoms with van der Waals surface area (Å²) in [5.74, 6) is 0. The molecule has 1 rings (SSSR count). The molecule has 0 spiro atoms. The molecule has 0 amide bonds. The van der Waals surface area contributed by atoms with Gasteiger partial charge in [-0.2, -0.15) is 0 Å². The lowest BCUT2D eigenvalue weighted by Crippen LogP contribution is -2.32. The van der Waals surface area contributed by atoms with E-state index in [0.717, 1.165) is 0 Å². The summed E-state index contributed by atoms with van der Waals surface area (Å²) in [5.41, 5.74) is 1.05. The zero-order chi connectivity index (χ0) is 12.6. The zero-order valence-electron chi connectivity index (χ0n) is 8.65. The van der Waals surface area contributed by atoms with Gasteiger partial charge in [-0.25, -0.2) is 4.68 Å². The Labute approximate surface area is 119 Å². The Hall–Kier alpha value is 0.590. The van der Waals surface area contributed by atoms with Crippen LogP contribution < -0.4 is 0 Å². The average Bonchev–Trinajstić information content (AvgIpc) is 2.58. The lowest BCUT2D eigenvalue weighted by Gasteiger charge is -2.28. The second kappa shape index (κ2) is 5.07. The van der Waals surface area contributed by atoms with Gasteiger partial charge in [-0.05, 0) is 13.3 Å². The number of alkyl halides is 5. The zero-order valence-corrected chi connectivity index (χ0v) is 12.4. The van der Waals surface area contributed by atoms with E-state index in [1.807, 2.05) is 13.8 Å². The van der Waals surface area contributed by atoms with Crippen LogP contribution in [0.25, 0.3) is 0 Å². The van der Waals surface area contributed by atoms with Gasteiger partial charge in [-0.15, -0.1) is 5.10 Å². The van der Waals surface area contributed by atoms with Crippen molar-refractivity contribution in [2.45, 2.75) is 34.9 Å². The molecule has 1 aromatic heterocycles. The number of rotatable bonds is 3. The molecule has 0 atom stereocenters. The summed E-state index contributed by atoms with van der Waals surface area (Å²) < 4.78 is -2.00. The molecular formula is C8H10Cl5N3. The van der Waals surface area contributed by atoms with Crippen LogP contribution in [0.3, 0.4) is 0 Å². The third kappa shape index (κ3) is 2.54. The first-order valence-electron chi connectivity index (χ1n) is 4.63. The van der Waals surface area contributed by atoms with Crippen molar-refractivity contribution in [3.8, 4) is 0 Å². The summed E-state index contributed by atoms with van der Waals surface area (Å²) in [6.45, 7) is 4.32. The fourth-order valence-electron chi connectivity index (χ4n) is 1.29. The van der Waals surface area contributed by atoms with Crippen LogP contribution in [0.1, 0.15) is 25.2 Å². The normalized spacial score (nSPS) is 13.2. The van der Waals surface area contributed by atoms with Crippen molar-refractivity contribution in [1.82, 2.24) is 15.0 Å². The number of hydrogen-bond acceptors (Lipinski definition) is 2. The highest BCUT2D eigenvalue weighted by atomic mass is 35.6. The van der Waals surface area contributed by atoms with Crippen LogP contribution in [-0.4, -0.2) is 18.8 Å². The van der Waals surface area contributed by atoms with Crippen LogP contribution >= 0.6 is 58.0 Å². The summed E-state index contributed by atoms with van der Waals surface area (Å²) in [6.07, 6.45) is 0.608. The van der Waals surface area contributed by atoms with Crippen molar-refractivity contribution in [1.29, 1.82) is 0 Å². The molecule has 0 radical (unpaired) electrons. The second-order valence-electron chi connectivity index (χ2n) is 3.13. The molecule has 0 saturated carbocycles. The molecule has 0 bridgehead atoms. The van der Waals surface area contributed by atoms with Gasteiger partial charge in [0.1, 0.15) is 5.69 Å². The summed E-state index contributed by atoms with van der Waals surface area (Å²) in [4.78, 5) is 0. The molecule has 16 heavy (non-hydrogen) atoms. The Bertz CT molecular complexity index is 347. The Morgan fingerprint density at radius 2 is 1.69 bits per heavy atom. The summed E-state index contributed by atoms with van der Waals surface area (Å²) in [7, 11) is 0. The minimum Gasteiger partial charge on any atom is -0.246 e. The number of aromatic nitrogens is 3. The minimum atomic E-state index is -1.85. The molecule has 0 N–H and O–H groups in total. The molecule has 0 fully saturated rings. The summed E-state index contributed by atoms with van der Waals surface area (Å²) in [6, 6.07) is 0. The molecule has 92 valence electrons. The van der Waals surface area contributed by atoms with Crippen molar-refractivity contribution in [2.24, 2.45) is 0 Å². The van der Waals surface area contributed by atoms with Gasteiger partial charge in [-0.3, -0.25) is 0 Å². The molecule has 0 aromatic carbocycles. The lowest BCUT2D eigenvalue weighted by atomic mass is 10.2. The third-order valence-corrected chi connectivity index (χ3v) is 4.45. The molecular weight excluding hydrogens is 315 g/mol. The van der Waals surface area contributed by atoms with E-state index in [4.69, 9.17) is 58.0 Å². The average molecular weight is 325 g/mol. The number of halogens is 5. The SMILES string of the molecule is CCc1nnn(CC)c1C(Cl)(Cl)C(Cl)(Cl)Cl. The standard InChI is InChI=1S/C8H10Cl5N3/c1-3-5-6(16(4-2)15-14-5)7(9,10)8(11,12)13/h3-4H2,1-2H3. The fourth-order valence-corrected chi connectivity index (χ4v) is 1.97. The maximum absolute atomic E-state index is 6.12. The van der Waals surface area contributed by atoms with Gasteiger partial charge < -0.3 is 0 Å². The first-order chi connectivity index (χ1) is 7.25. The monoisotopic (exact) mass is 323 g/mol. The molecule has 0 aliphatic rings. The largest absolute Gasteiger partial charge is 0.246 e. The highest BCUT2D eigenvalue weighted by Crippen LogP contribution is 2.53. The van der Waals surface area contributed by atoms with Gasteiger partial charge in [-0.1, -0.05) is 70.1 Å². The van der Waals surface area contributed by atoms with E-state index < -0.39 is 8.13 Å². The Kier molecular flexibility index (Phi) is 4.64. The van der Waals surface area contributed by atoms with Crippen LogP contribution in [-0.2, 0) is 17.3 Å². The van der Waals surface area contributed by atoms with Gasteiger partial charge in [0, 0.05) is 6.54 Å². The van der Waals surface area contributed by atoms with E-state index in [2.05, 4.69) is 10.3 Å². The molecule has 0 aliphatic heterocycles. The summed E-state index contributed by atoms with van der Waals surface area (Å²) in [5, 5.41) is 7.86. The maximum atomic E-state index is 6.12. The third-order valence-electron chi connectivity index (χ3n) is 2.09. The van der Waals surface area contributed by atoms with E-state index in [1.54, 1.807) is 0 Å². The van der Waals surface area contributed by atoms with Crippen molar-refractivity contribution >= 4 is 58.0 Å². The van der Waals surface area contributed by atoms with E-state index in [1.165, 1.54) is 4.68 Å². The second-order valence-corrected chi connectivity index (χ2v) is 6.73. The van der Waals surface area contributed by atoms with E-state index >= 15 is 0 Å². The first-order valence-corrected chi connectivity index (χ1v) is 6.52. The van der Waals surface area contributed by atoms with Crippen molar-refractivity contribution in [2.75, 3.05) is 0 Å². The molecule has 1 heterocycles. The Morgan fingerprint density at radius 3 is 2.06 bits per heavy atom. The van der Waals surface area contributed by atoms with E-state index in [9.17, 15) is 0 Å². The fraction of sp³-hybridized carbons (Fsp3) is 0.750. The van der Waals surface area contributed by atoms with Crippen molar-refractivity contribution < 1.29 is 0 Å². The maximum Gasteiger partial charge on any atom is 0.228 e. The predicted molar refractivity (Wildman–Crippen MR) is 68.7 cm³/mol. The van der Waals surface area contributed by atoms with Gasteiger partial charge in [0.25, 0.3) is 0 Å². The Balaban J connectivity index is 3.35. The number of hydrogen-bond donors (Lipinski definition) is 0. The van der Waals surface area contributed by atoms with Crippen LogP contribution in [0.5, 0.6) is 0 Å². The smallest absolute Gasteiger partial charge is 0.228 e. The summed E-state index contributed by atoms with van der Waals surface area (Å²) >= 11 is 29.5. The van der Waals surface area contributed by atoms with Gasteiger partial charge >= 0.3 is 0 Å². The molecule has 0 unspecified atom stereocenters.